The number of nitrogens with zero attached hydrogens (tertiary/aromatic N) is 6. The minimum Gasteiger partial charge on any atom is -0.379 e. The third kappa shape index (κ3) is 4.69. The van der Waals surface area contributed by atoms with Gasteiger partial charge in [0.05, 0.1) is 24.5 Å². The Labute approximate surface area is 187 Å². The average molecular weight is 461 g/mol. The van der Waals surface area contributed by atoms with E-state index < -0.39 is 10.0 Å². The number of sulfonamides is 1. The van der Waals surface area contributed by atoms with Gasteiger partial charge >= 0.3 is 0 Å². The first-order chi connectivity index (χ1) is 15.4. The van der Waals surface area contributed by atoms with Gasteiger partial charge in [0.15, 0.2) is 0 Å². The minimum atomic E-state index is -3.54. The van der Waals surface area contributed by atoms with Gasteiger partial charge in [-0.15, -0.1) is 0 Å². The molecule has 0 bridgehead atoms. The van der Waals surface area contributed by atoms with E-state index >= 15 is 0 Å². The van der Waals surface area contributed by atoms with Gasteiger partial charge in [0, 0.05) is 39.5 Å². The molecule has 0 radical (unpaired) electrons. The number of anilines is 2. The van der Waals surface area contributed by atoms with Crippen LogP contribution in [0.2, 0.25) is 0 Å². The molecule has 1 aliphatic carbocycles. The second kappa shape index (κ2) is 9.40. The van der Waals surface area contributed by atoms with Crippen molar-refractivity contribution < 1.29 is 13.2 Å². The first kappa shape index (κ1) is 22.4. The molecule has 3 heterocycles. The van der Waals surface area contributed by atoms with Crippen molar-refractivity contribution in [3.63, 3.8) is 0 Å². The van der Waals surface area contributed by atoms with E-state index in [9.17, 15) is 13.7 Å². The van der Waals surface area contributed by atoms with Crippen molar-refractivity contribution in [2.75, 3.05) is 30.8 Å². The van der Waals surface area contributed by atoms with Gasteiger partial charge in [-0.3, -0.25) is 4.68 Å². The summed E-state index contributed by atoms with van der Waals surface area (Å²) in [6.45, 7) is 0.793. The van der Waals surface area contributed by atoms with Gasteiger partial charge in [-0.2, -0.15) is 19.6 Å². The molecule has 1 saturated carbocycles. The maximum absolute atomic E-state index is 12.8. The third-order valence-corrected chi connectivity index (χ3v) is 7.94. The lowest BCUT2D eigenvalue weighted by Crippen LogP contribution is -2.42. The van der Waals surface area contributed by atoms with Crippen molar-refractivity contribution in [3.05, 3.63) is 24.2 Å². The first-order valence-corrected chi connectivity index (χ1v) is 12.2. The zero-order chi connectivity index (χ0) is 22.7. The lowest BCUT2D eigenvalue weighted by molar-refractivity contribution is 0.101. The van der Waals surface area contributed by atoms with E-state index in [2.05, 4.69) is 31.8 Å². The molecule has 0 aromatic carbocycles. The maximum atomic E-state index is 12.8. The highest BCUT2D eigenvalue weighted by Gasteiger charge is 2.31. The molecule has 12 heteroatoms. The highest BCUT2D eigenvalue weighted by atomic mass is 32.2. The van der Waals surface area contributed by atoms with Crippen LogP contribution in [0.3, 0.4) is 0 Å². The number of nitrogens with one attached hydrogen (secondary N) is 2. The number of hydrogen-bond donors (Lipinski definition) is 2. The molecular weight excluding hydrogens is 432 g/mol. The molecule has 32 heavy (non-hydrogen) atoms. The normalized spacial score (nSPS) is 22.5. The van der Waals surface area contributed by atoms with E-state index in [0.717, 1.165) is 19.3 Å². The van der Waals surface area contributed by atoms with Crippen molar-refractivity contribution in [2.24, 2.45) is 7.05 Å². The lowest BCUT2D eigenvalue weighted by atomic mass is 10.1. The fourth-order valence-electron chi connectivity index (χ4n) is 4.30. The molecule has 1 aliphatic heterocycles. The Hall–Kier alpha value is -2.75. The number of hydrogen-bond acceptors (Lipinski definition) is 9. The van der Waals surface area contributed by atoms with Crippen LogP contribution in [-0.4, -0.2) is 70.9 Å². The summed E-state index contributed by atoms with van der Waals surface area (Å²) in [4.78, 5) is 9.02. The average Bonchev–Trinajstić information content (AvgIpc) is 3.43. The minimum absolute atomic E-state index is 0.0364. The summed E-state index contributed by atoms with van der Waals surface area (Å²) >= 11 is 0. The Bertz CT molecular complexity index is 1090. The number of aryl methyl sites for hydroxylation is 1. The van der Waals surface area contributed by atoms with Gasteiger partial charge in [-0.05, 0) is 32.1 Å². The monoisotopic (exact) mass is 460 g/mol. The molecule has 1 saturated heterocycles. The number of rotatable bonds is 7. The van der Waals surface area contributed by atoms with Crippen LogP contribution < -0.4 is 10.6 Å². The summed E-state index contributed by atoms with van der Waals surface area (Å²) in [5.41, 5.74) is 0.384. The van der Waals surface area contributed by atoms with E-state index in [4.69, 9.17) is 4.74 Å². The highest BCUT2D eigenvalue weighted by molar-refractivity contribution is 7.89. The predicted octanol–water partition coefficient (Wildman–Crippen LogP) is 1.33. The standard InChI is InChI=1S/C20H28N8O3S/c1-27-13-16(12-23-27)32(29,30)28-8-6-15(7-9-28)24-20-22-11-14(10-21)19(26-20)25-17-4-3-5-18(17)31-2/h11-13,15,17-18H,3-9H2,1-2H3,(H2,22,24,25,26)/t17-,18-/m1/s1. The topological polar surface area (TPSA) is 138 Å². The van der Waals surface area contributed by atoms with Gasteiger partial charge in [0.25, 0.3) is 0 Å². The SMILES string of the molecule is CO[C@@H]1CCC[C@H]1Nc1nc(NC2CCN(S(=O)(=O)c3cnn(C)c3)CC2)ncc1C#N. The Morgan fingerprint density at radius 3 is 2.62 bits per heavy atom. The molecular formula is C20H28N8O3S. The zero-order valence-electron chi connectivity index (χ0n) is 18.2. The van der Waals surface area contributed by atoms with Gasteiger partial charge < -0.3 is 15.4 Å². The van der Waals surface area contributed by atoms with Crippen molar-refractivity contribution >= 4 is 21.8 Å². The summed E-state index contributed by atoms with van der Waals surface area (Å²) in [7, 11) is -0.151. The molecule has 0 amide bonds. The Balaban J connectivity index is 1.39. The summed E-state index contributed by atoms with van der Waals surface area (Å²) < 4.78 is 34.0. The van der Waals surface area contributed by atoms with E-state index in [-0.39, 0.29) is 23.1 Å². The van der Waals surface area contributed by atoms with Gasteiger partial charge in [0.1, 0.15) is 22.3 Å². The van der Waals surface area contributed by atoms with Crippen molar-refractivity contribution in [1.82, 2.24) is 24.1 Å². The van der Waals surface area contributed by atoms with E-state index in [0.29, 0.717) is 43.3 Å². The van der Waals surface area contributed by atoms with Crippen LogP contribution in [0.25, 0.3) is 0 Å². The van der Waals surface area contributed by atoms with Crippen LogP contribution in [0.5, 0.6) is 0 Å². The summed E-state index contributed by atoms with van der Waals surface area (Å²) in [5.74, 6) is 0.919. The Morgan fingerprint density at radius 1 is 1.19 bits per heavy atom. The predicted molar refractivity (Wildman–Crippen MR) is 117 cm³/mol. The highest BCUT2D eigenvalue weighted by Crippen LogP contribution is 2.27. The van der Waals surface area contributed by atoms with Crippen molar-refractivity contribution in [3.8, 4) is 6.07 Å². The van der Waals surface area contributed by atoms with Gasteiger partial charge in [-0.1, -0.05) is 0 Å². The van der Waals surface area contributed by atoms with Crippen LogP contribution in [0, 0.1) is 11.3 Å². The number of piperidine rings is 1. The quantitative estimate of drug-likeness (QED) is 0.626. The zero-order valence-corrected chi connectivity index (χ0v) is 19.0. The summed E-state index contributed by atoms with van der Waals surface area (Å²) in [5, 5.41) is 20.1. The fourth-order valence-corrected chi connectivity index (χ4v) is 5.75. The second-order valence-electron chi connectivity index (χ2n) is 8.20. The molecule has 4 rings (SSSR count). The molecule has 2 atom stereocenters. The number of methoxy groups -OCH3 is 1. The van der Waals surface area contributed by atoms with Gasteiger partial charge in [0.2, 0.25) is 16.0 Å². The van der Waals surface area contributed by atoms with Crippen LogP contribution in [-0.2, 0) is 21.8 Å². The summed E-state index contributed by atoms with van der Waals surface area (Å²) in [6, 6.07) is 2.28. The maximum Gasteiger partial charge on any atom is 0.246 e. The van der Waals surface area contributed by atoms with E-state index in [1.807, 2.05) is 0 Å². The van der Waals surface area contributed by atoms with E-state index in [1.54, 1.807) is 14.2 Å². The van der Waals surface area contributed by atoms with Crippen molar-refractivity contribution in [1.29, 1.82) is 5.26 Å². The molecule has 11 nitrogen and oxygen atoms in total. The van der Waals surface area contributed by atoms with Crippen LogP contribution in [0.4, 0.5) is 11.8 Å². The first-order valence-electron chi connectivity index (χ1n) is 10.7. The molecule has 0 unspecified atom stereocenters. The fraction of sp³-hybridized carbons (Fsp3) is 0.600. The lowest BCUT2D eigenvalue weighted by Gasteiger charge is -2.31. The van der Waals surface area contributed by atoms with Gasteiger partial charge in [-0.25, -0.2) is 13.4 Å². The molecule has 2 fully saturated rings. The van der Waals surface area contributed by atoms with Crippen LogP contribution >= 0.6 is 0 Å². The molecule has 172 valence electrons. The second-order valence-corrected chi connectivity index (χ2v) is 10.1. The summed E-state index contributed by atoms with van der Waals surface area (Å²) in [6.07, 6.45) is 8.74. The van der Waals surface area contributed by atoms with Crippen molar-refractivity contribution in [2.45, 2.75) is 55.2 Å². The number of aromatic nitrogens is 4. The Morgan fingerprint density at radius 2 is 1.97 bits per heavy atom. The molecule has 2 aromatic rings. The number of ether oxygens (including phenoxy) is 1. The Kier molecular flexibility index (Phi) is 6.59. The molecule has 0 spiro atoms. The smallest absolute Gasteiger partial charge is 0.246 e. The number of nitriles is 1. The molecule has 2 aromatic heterocycles. The molecule has 2 N–H and O–H groups in total. The van der Waals surface area contributed by atoms with Crippen LogP contribution in [0.1, 0.15) is 37.7 Å². The molecule has 2 aliphatic rings. The van der Waals surface area contributed by atoms with E-state index in [1.165, 1.54) is 27.6 Å². The largest absolute Gasteiger partial charge is 0.379 e. The third-order valence-electron chi connectivity index (χ3n) is 6.09. The van der Waals surface area contributed by atoms with Crippen LogP contribution in [0.15, 0.2) is 23.5 Å².